The lowest BCUT2D eigenvalue weighted by Crippen LogP contribution is -2.41. The standard InChI is InChI=1S/C20H25NO2S/c1-2-17-13-15-20(16-14-17)24(22,23)21(18-9-5-3-6-10-18)19-11-7-4-8-12-19/h3,5-6,9-10,13-16,19H,2,4,7-8,11-12H2,1H3. The van der Waals surface area contributed by atoms with Crippen LogP contribution in [0.1, 0.15) is 44.6 Å². The molecule has 24 heavy (non-hydrogen) atoms. The van der Waals surface area contributed by atoms with Gasteiger partial charge in [0.1, 0.15) is 0 Å². The zero-order valence-corrected chi connectivity index (χ0v) is 15.0. The average molecular weight is 343 g/mol. The van der Waals surface area contributed by atoms with Crippen molar-refractivity contribution in [2.75, 3.05) is 4.31 Å². The molecule has 3 nitrogen and oxygen atoms in total. The molecular weight excluding hydrogens is 318 g/mol. The number of hydrogen-bond acceptors (Lipinski definition) is 2. The predicted octanol–water partition coefficient (Wildman–Crippen LogP) is 4.78. The zero-order valence-electron chi connectivity index (χ0n) is 14.2. The third-order valence-electron chi connectivity index (χ3n) is 4.81. The van der Waals surface area contributed by atoms with Crippen LogP contribution in [0, 0.1) is 0 Å². The number of nitrogens with zero attached hydrogens (tertiary/aromatic N) is 1. The van der Waals surface area contributed by atoms with E-state index >= 15 is 0 Å². The predicted molar refractivity (Wildman–Crippen MR) is 98.8 cm³/mol. The van der Waals surface area contributed by atoms with Crippen molar-refractivity contribution >= 4 is 15.7 Å². The van der Waals surface area contributed by atoms with Crippen molar-refractivity contribution in [1.29, 1.82) is 0 Å². The van der Waals surface area contributed by atoms with Gasteiger partial charge >= 0.3 is 0 Å². The molecule has 0 N–H and O–H groups in total. The monoisotopic (exact) mass is 343 g/mol. The molecule has 0 saturated heterocycles. The van der Waals surface area contributed by atoms with Crippen LogP contribution in [0.3, 0.4) is 0 Å². The smallest absolute Gasteiger partial charge is 0.263 e. The maximum Gasteiger partial charge on any atom is 0.264 e. The fourth-order valence-corrected chi connectivity index (χ4v) is 5.16. The van der Waals surface area contributed by atoms with Crippen molar-refractivity contribution in [3.63, 3.8) is 0 Å². The summed E-state index contributed by atoms with van der Waals surface area (Å²) in [6.45, 7) is 2.07. The van der Waals surface area contributed by atoms with Crippen LogP contribution in [0.4, 0.5) is 5.69 Å². The van der Waals surface area contributed by atoms with E-state index in [1.54, 1.807) is 16.4 Å². The van der Waals surface area contributed by atoms with Gasteiger partial charge in [-0.15, -0.1) is 0 Å². The van der Waals surface area contributed by atoms with E-state index in [0.717, 1.165) is 43.4 Å². The van der Waals surface area contributed by atoms with Crippen molar-refractivity contribution in [2.45, 2.75) is 56.4 Å². The van der Waals surface area contributed by atoms with Crippen LogP contribution < -0.4 is 4.31 Å². The van der Waals surface area contributed by atoms with E-state index in [0.29, 0.717) is 4.90 Å². The summed E-state index contributed by atoms with van der Waals surface area (Å²) in [5.74, 6) is 0. The fourth-order valence-electron chi connectivity index (χ4n) is 3.45. The van der Waals surface area contributed by atoms with Crippen molar-refractivity contribution < 1.29 is 8.42 Å². The molecule has 1 fully saturated rings. The van der Waals surface area contributed by atoms with E-state index < -0.39 is 10.0 Å². The van der Waals surface area contributed by atoms with E-state index in [2.05, 4.69) is 6.92 Å². The molecule has 1 aliphatic rings. The van der Waals surface area contributed by atoms with Crippen LogP contribution in [-0.2, 0) is 16.4 Å². The van der Waals surface area contributed by atoms with Crippen molar-refractivity contribution in [1.82, 2.24) is 0 Å². The topological polar surface area (TPSA) is 37.4 Å². The summed E-state index contributed by atoms with van der Waals surface area (Å²) >= 11 is 0. The van der Waals surface area contributed by atoms with Gasteiger partial charge in [-0.05, 0) is 49.1 Å². The highest BCUT2D eigenvalue weighted by atomic mass is 32.2. The Morgan fingerprint density at radius 1 is 0.917 bits per heavy atom. The SMILES string of the molecule is CCc1ccc(S(=O)(=O)N(c2ccccc2)C2CCCCC2)cc1. The van der Waals surface area contributed by atoms with Crippen LogP contribution >= 0.6 is 0 Å². The van der Waals surface area contributed by atoms with Gasteiger partial charge in [0.05, 0.1) is 10.6 Å². The van der Waals surface area contributed by atoms with Crippen molar-refractivity contribution in [3.8, 4) is 0 Å². The van der Waals surface area contributed by atoms with E-state index in [1.165, 1.54) is 6.42 Å². The van der Waals surface area contributed by atoms with Gasteiger partial charge in [0.25, 0.3) is 10.0 Å². The summed E-state index contributed by atoms with van der Waals surface area (Å²) in [5, 5.41) is 0. The molecule has 128 valence electrons. The van der Waals surface area contributed by atoms with Crippen molar-refractivity contribution in [2.24, 2.45) is 0 Å². The second-order valence-corrected chi connectivity index (χ2v) is 8.24. The Bertz CT molecular complexity index is 748. The van der Waals surface area contributed by atoms with E-state index in [4.69, 9.17) is 0 Å². The van der Waals surface area contributed by atoms with Crippen LogP contribution in [0.5, 0.6) is 0 Å². The number of rotatable bonds is 5. The molecule has 0 bridgehead atoms. The molecule has 1 aliphatic carbocycles. The maximum atomic E-state index is 13.4. The van der Waals surface area contributed by atoms with Gasteiger partial charge in [-0.3, -0.25) is 4.31 Å². The minimum Gasteiger partial charge on any atom is -0.263 e. The number of anilines is 1. The first kappa shape index (κ1) is 17.0. The Kier molecular flexibility index (Phi) is 5.24. The van der Waals surface area contributed by atoms with Crippen molar-refractivity contribution in [3.05, 3.63) is 60.2 Å². The lowest BCUT2D eigenvalue weighted by atomic mass is 9.95. The largest absolute Gasteiger partial charge is 0.264 e. The molecule has 0 aliphatic heterocycles. The van der Waals surface area contributed by atoms with Gasteiger partial charge in [-0.2, -0.15) is 0 Å². The number of aryl methyl sites for hydroxylation is 1. The molecule has 0 aromatic heterocycles. The molecule has 0 unspecified atom stereocenters. The molecule has 4 heteroatoms. The first-order valence-corrected chi connectivity index (χ1v) is 10.3. The second kappa shape index (κ2) is 7.39. The zero-order chi connectivity index (χ0) is 17.0. The van der Waals surface area contributed by atoms with Crippen LogP contribution in [0.2, 0.25) is 0 Å². The minimum atomic E-state index is -3.55. The Morgan fingerprint density at radius 3 is 2.12 bits per heavy atom. The number of benzene rings is 2. The molecule has 1 saturated carbocycles. The third-order valence-corrected chi connectivity index (χ3v) is 6.70. The summed E-state index contributed by atoms with van der Waals surface area (Å²) in [4.78, 5) is 0.383. The molecule has 0 radical (unpaired) electrons. The number of sulfonamides is 1. The quantitative estimate of drug-likeness (QED) is 0.783. The van der Waals surface area contributed by atoms with Gasteiger partial charge in [-0.25, -0.2) is 8.42 Å². The van der Waals surface area contributed by atoms with E-state index in [1.807, 2.05) is 42.5 Å². The average Bonchev–Trinajstić information content (AvgIpc) is 2.63. The Labute approximate surface area is 145 Å². The fraction of sp³-hybridized carbons (Fsp3) is 0.400. The van der Waals surface area contributed by atoms with Gasteiger partial charge in [-0.1, -0.05) is 56.5 Å². The van der Waals surface area contributed by atoms with Crippen LogP contribution in [0.15, 0.2) is 59.5 Å². The highest BCUT2D eigenvalue weighted by Crippen LogP contribution is 2.32. The van der Waals surface area contributed by atoms with Crippen LogP contribution in [0.25, 0.3) is 0 Å². The van der Waals surface area contributed by atoms with Gasteiger partial charge in [0.2, 0.25) is 0 Å². The molecule has 0 atom stereocenters. The Balaban J connectivity index is 2.02. The summed E-state index contributed by atoms with van der Waals surface area (Å²) < 4.78 is 28.4. The number of hydrogen-bond donors (Lipinski definition) is 0. The van der Waals surface area contributed by atoms with E-state index in [9.17, 15) is 8.42 Å². The highest BCUT2D eigenvalue weighted by Gasteiger charge is 2.32. The molecule has 2 aromatic rings. The third kappa shape index (κ3) is 3.48. The van der Waals surface area contributed by atoms with Gasteiger partial charge in [0, 0.05) is 6.04 Å². The molecule has 0 heterocycles. The Hall–Kier alpha value is -1.81. The maximum absolute atomic E-state index is 13.4. The first-order chi connectivity index (χ1) is 11.6. The molecule has 0 spiro atoms. The molecule has 2 aromatic carbocycles. The lowest BCUT2D eigenvalue weighted by Gasteiger charge is -2.35. The molecular formula is C20H25NO2S. The summed E-state index contributed by atoms with van der Waals surface area (Å²) in [6, 6.07) is 16.9. The molecule has 3 rings (SSSR count). The number of para-hydroxylation sites is 1. The lowest BCUT2D eigenvalue weighted by molar-refractivity contribution is 0.438. The minimum absolute atomic E-state index is 0.0528. The van der Waals surface area contributed by atoms with Gasteiger partial charge in [0.15, 0.2) is 0 Å². The summed E-state index contributed by atoms with van der Waals surface area (Å²) in [7, 11) is -3.55. The van der Waals surface area contributed by atoms with Crippen LogP contribution in [-0.4, -0.2) is 14.5 Å². The summed E-state index contributed by atoms with van der Waals surface area (Å²) in [5.41, 5.74) is 1.92. The first-order valence-electron chi connectivity index (χ1n) is 8.81. The van der Waals surface area contributed by atoms with E-state index in [-0.39, 0.29) is 6.04 Å². The normalized spacial score (nSPS) is 16.0. The Morgan fingerprint density at radius 2 is 1.54 bits per heavy atom. The highest BCUT2D eigenvalue weighted by molar-refractivity contribution is 7.92. The summed E-state index contributed by atoms with van der Waals surface area (Å²) in [6.07, 6.45) is 6.16. The van der Waals surface area contributed by atoms with Gasteiger partial charge < -0.3 is 0 Å². The molecule has 0 amide bonds. The second-order valence-electron chi connectivity index (χ2n) is 6.43.